The second-order valence-electron chi connectivity index (χ2n) is 4.08. The molecule has 0 saturated heterocycles. The molecule has 0 heterocycles. The number of nitro groups is 1. The van der Waals surface area contributed by atoms with Crippen molar-refractivity contribution in [1.29, 1.82) is 5.26 Å². The molecule has 20 heavy (non-hydrogen) atoms. The van der Waals surface area contributed by atoms with Gasteiger partial charge < -0.3 is 4.74 Å². The zero-order valence-corrected chi connectivity index (χ0v) is 11.2. The maximum Gasteiger partial charge on any atom is 0.287 e. The largest absolute Gasteiger partial charge is 0.456 e. The van der Waals surface area contributed by atoms with Gasteiger partial charge in [0, 0.05) is 12.1 Å². The Hall–Kier alpha value is -2.58. The molecule has 0 amide bonds. The average molecular weight is 289 g/mol. The minimum absolute atomic E-state index is 0.0590. The Kier molecular flexibility index (Phi) is 3.87. The topological polar surface area (TPSA) is 76.2 Å². The van der Waals surface area contributed by atoms with E-state index in [0.717, 1.165) is 5.56 Å². The van der Waals surface area contributed by atoms with Crippen LogP contribution in [0.5, 0.6) is 11.5 Å². The van der Waals surface area contributed by atoms with Crippen molar-refractivity contribution >= 4 is 17.3 Å². The maximum absolute atomic E-state index is 10.7. The molecule has 0 N–H and O–H groups in total. The number of nitriles is 1. The van der Waals surface area contributed by atoms with Crippen LogP contribution in [0.15, 0.2) is 36.4 Å². The lowest BCUT2D eigenvalue weighted by Gasteiger charge is -2.08. The first kappa shape index (κ1) is 13.8. The molecule has 0 aliphatic rings. The molecule has 0 bridgehead atoms. The van der Waals surface area contributed by atoms with Crippen molar-refractivity contribution in [3.05, 3.63) is 62.7 Å². The Balaban J connectivity index is 2.38. The number of hydrogen-bond donors (Lipinski definition) is 0. The second-order valence-corrected chi connectivity index (χ2v) is 4.49. The summed E-state index contributed by atoms with van der Waals surface area (Å²) in [4.78, 5) is 10.1. The third-order valence-electron chi connectivity index (χ3n) is 2.60. The molecule has 2 aromatic rings. The Labute approximate surface area is 120 Å². The van der Waals surface area contributed by atoms with Gasteiger partial charge in [0.05, 0.1) is 9.95 Å². The van der Waals surface area contributed by atoms with Crippen LogP contribution in [0.25, 0.3) is 0 Å². The van der Waals surface area contributed by atoms with E-state index in [0.29, 0.717) is 16.5 Å². The Bertz CT molecular complexity index is 723. The summed E-state index contributed by atoms with van der Waals surface area (Å²) >= 11 is 6.00. The van der Waals surface area contributed by atoms with Gasteiger partial charge in [0.25, 0.3) is 5.69 Å². The second kappa shape index (κ2) is 5.59. The van der Waals surface area contributed by atoms with Gasteiger partial charge in [0.2, 0.25) is 0 Å². The molecule has 0 fully saturated rings. The summed E-state index contributed by atoms with van der Waals surface area (Å²) < 4.78 is 5.56. The lowest BCUT2D eigenvalue weighted by Crippen LogP contribution is -1.93. The van der Waals surface area contributed by atoms with E-state index in [9.17, 15) is 10.1 Å². The quantitative estimate of drug-likeness (QED) is 0.626. The number of rotatable bonds is 3. The van der Waals surface area contributed by atoms with E-state index in [1.165, 1.54) is 18.2 Å². The normalized spacial score (nSPS) is 9.85. The number of benzene rings is 2. The van der Waals surface area contributed by atoms with Crippen molar-refractivity contribution in [2.24, 2.45) is 0 Å². The highest BCUT2D eigenvalue weighted by molar-refractivity contribution is 6.32. The minimum Gasteiger partial charge on any atom is -0.456 e. The fraction of sp³-hybridized carbons (Fsp3) is 0.0714. The highest BCUT2D eigenvalue weighted by Gasteiger charge is 2.15. The molecule has 0 aliphatic heterocycles. The van der Waals surface area contributed by atoms with Gasteiger partial charge in [0.1, 0.15) is 23.1 Å². The number of aryl methyl sites for hydroxylation is 1. The average Bonchev–Trinajstić information content (AvgIpc) is 2.42. The number of ether oxygens (including phenoxy) is 1. The van der Waals surface area contributed by atoms with E-state index in [1.54, 1.807) is 18.2 Å². The summed E-state index contributed by atoms with van der Waals surface area (Å²) in [7, 11) is 0. The molecule has 0 saturated carbocycles. The first-order valence-corrected chi connectivity index (χ1v) is 6.01. The van der Waals surface area contributed by atoms with Crippen LogP contribution in [0.2, 0.25) is 5.02 Å². The molecule has 6 heteroatoms. The van der Waals surface area contributed by atoms with E-state index in [1.807, 2.05) is 13.0 Å². The van der Waals surface area contributed by atoms with Crippen molar-refractivity contribution in [2.75, 3.05) is 0 Å². The summed E-state index contributed by atoms with van der Waals surface area (Å²) in [5.74, 6) is 0.754. The van der Waals surface area contributed by atoms with Crippen LogP contribution in [-0.2, 0) is 0 Å². The first-order valence-electron chi connectivity index (χ1n) is 5.64. The highest BCUT2D eigenvalue weighted by atomic mass is 35.5. The van der Waals surface area contributed by atoms with Gasteiger partial charge >= 0.3 is 0 Å². The highest BCUT2D eigenvalue weighted by Crippen LogP contribution is 2.32. The fourth-order valence-electron chi connectivity index (χ4n) is 1.64. The summed E-state index contributed by atoms with van der Waals surface area (Å²) in [5.41, 5.74) is 0.651. The molecule has 0 aromatic heterocycles. The van der Waals surface area contributed by atoms with Crippen molar-refractivity contribution in [3.63, 3.8) is 0 Å². The van der Waals surface area contributed by atoms with Crippen LogP contribution in [0, 0.1) is 28.4 Å². The predicted octanol–water partition coefficient (Wildman–Crippen LogP) is 4.22. The molecule has 0 spiro atoms. The van der Waals surface area contributed by atoms with Crippen molar-refractivity contribution in [3.8, 4) is 17.6 Å². The van der Waals surface area contributed by atoms with E-state index in [-0.39, 0.29) is 11.3 Å². The first-order chi connectivity index (χ1) is 9.51. The van der Waals surface area contributed by atoms with E-state index in [2.05, 4.69) is 0 Å². The zero-order chi connectivity index (χ0) is 14.7. The summed E-state index contributed by atoms with van der Waals surface area (Å²) in [5, 5.41) is 20.1. The van der Waals surface area contributed by atoms with Crippen LogP contribution in [0.4, 0.5) is 5.69 Å². The standard InChI is InChI=1S/C14H9ClN2O3/c1-9-2-4-12(15)14(6-9)20-11-3-5-13(17(18)19)10(7-11)8-16/h2-7H,1H3. The lowest BCUT2D eigenvalue weighted by molar-refractivity contribution is -0.385. The SMILES string of the molecule is Cc1ccc(Cl)c(Oc2ccc([N+](=O)[O-])c(C#N)c2)c1. The van der Waals surface area contributed by atoms with E-state index < -0.39 is 4.92 Å². The maximum atomic E-state index is 10.7. The third-order valence-corrected chi connectivity index (χ3v) is 2.91. The Morgan fingerprint density at radius 1 is 1.30 bits per heavy atom. The summed E-state index contributed by atoms with van der Waals surface area (Å²) in [6.07, 6.45) is 0. The molecule has 0 radical (unpaired) electrons. The van der Waals surface area contributed by atoms with Gasteiger partial charge in [-0.1, -0.05) is 17.7 Å². The van der Waals surface area contributed by atoms with Crippen LogP contribution < -0.4 is 4.74 Å². The van der Waals surface area contributed by atoms with Crippen LogP contribution in [-0.4, -0.2) is 4.92 Å². The molecule has 2 aromatic carbocycles. The van der Waals surface area contributed by atoms with Gasteiger partial charge in [-0.25, -0.2) is 0 Å². The molecule has 0 aliphatic carbocycles. The molecule has 0 unspecified atom stereocenters. The molecule has 100 valence electrons. The predicted molar refractivity (Wildman–Crippen MR) is 74.1 cm³/mol. The van der Waals surface area contributed by atoms with Gasteiger partial charge in [-0.3, -0.25) is 10.1 Å². The molecule has 0 atom stereocenters. The summed E-state index contributed by atoms with van der Waals surface area (Å²) in [6, 6.07) is 11.0. The molecular weight excluding hydrogens is 280 g/mol. The van der Waals surface area contributed by atoms with Crippen molar-refractivity contribution < 1.29 is 9.66 Å². The smallest absolute Gasteiger partial charge is 0.287 e. The monoisotopic (exact) mass is 288 g/mol. The summed E-state index contributed by atoms with van der Waals surface area (Å²) in [6.45, 7) is 1.89. The fourth-order valence-corrected chi connectivity index (χ4v) is 1.80. The molecule has 5 nitrogen and oxygen atoms in total. The molecular formula is C14H9ClN2O3. The van der Waals surface area contributed by atoms with Crippen molar-refractivity contribution in [1.82, 2.24) is 0 Å². The zero-order valence-electron chi connectivity index (χ0n) is 10.5. The van der Waals surface area contributed by atoms with Gasteiger partial charge in [-0.05, 0) is 30.7 Å². The van der Waals surface area contributed by atoms with Crippen LogP contribution >= 0.6 is 11.6 Å². The van der Waals surface area contributed by atoms with Crippen LogP contribution in [0.3, 0.4) is 0 Å². The van der Waals surface area contributed by atoms with Gasteiger partial charge in [-0.2, -0.15) is 5.26 Å². The van der Waals surface area contributed by atoms with Crippen molar-refractivity contribution in [2.45, 2.75) is 6.92 Å². The molecule has 2 rings (SSSR count). The number of nitro benzene ring substituents is 1. The Morgan fingerprint density at radius 2 is 2.05 bits per heavy atom. The number of halogens is 1. The number of hydrogen-bond acceptors (Lipinski definition) is 4. The van der Waals surface area contributed by atoms with E-state index >= 15 is 0 Å². The van der Waals surface area contributed by atoms with E-state index in [4.69, 9.17) is 21.6 Å². The minimum atomic E-state index is -0.609. The van der Waals surface area contributed by atoms with Crippen LogP contribution in [0.1, 0.15) is 11.1 Å². The van der Waals surface area contributed by atoms with Gasteiger partial charge in [0.15, 0.2) is 0 Å². The third kappa shape index (κ3) is 2.87. The Morgan fingerprint density at radius 3 is 2.70 bits per heavy atom. The van der Waals surface area contributed by atoms with Gasteiger partial charge in [-0.15, -0.1) is 0 Å². The number of nitrogens with zero attached hydrogens (tertiary/aromatic N) is 2. The lowest BCUT2D eigenvalue weighted by atomic mass is 10.2.